The lowest BCUT2D eigenvalue weighted by Crippen LogP contribution is -2.48. The second-order valence-corrected chi connectivity index (χ2v) is 11.3. The highest BCUT2D eigenvalue weighted by molar-refractivity contribution is 7.98. The van der Waals surface area contributed by atoms with E-state index in [1.165, 1.54) is 11.3 Å². The second kappa shape index (κ2) is 11.9. The molecular weight excluding hydrogens is 540 g/mol. The summed E-state index contributed by atoms with van der Waals surface area (Å²) in [5.41, 5.74) is 3.42. The van der Waals surface area contributed by atoms with Gasteiger partial charge in [-0.3, -0.25) is 9.69 Å². The van der Waals surface area contributed by atoms with E-state index in [2.05, 4.69) is 20.2 Å². The minimum atomic E-state index is -0.227. The predicted octanol–water partition coefficient (Wildman–Crippen LogP) is 6.05. The van der Waals surface area contributed by atoms with Crippen molar-refractivity contribution < 1.29 is 9.59 Å². The third-order valence-electron chi connectivity index (χ3n) is 6.35. The number of imidazole rings is 1. The number of carbonyl (C=O) groups excluding carboxylic acids is 2. The number of hydrogen-bond donors (Lipinski definition) is 2. The van der Waals surface area contributed by atoms with Gasteiger partial charge in [-0.1, -0.05) is 23.7 Å². The molecule has 2 N–H and O–H groups in total. The average molecular weight is 567 g/mol. The quantitative estimate of drug-likeness (QED) is 0.266. The van der Waals surface area contributed by atoms with Gasteiger partial charge in [0.05, 0.1) is 33.5 Å². The molecule has 0 saturated carbocycles. The molecule has 0 bridgehead atoms. The van der Waals surface area contributed by atoms with E-state index in [0.29, 0.717) is 28.8 Å². The highest BCUT2D eigenvalue weighted by atomic mass is 35.5. The minimum absolute atomic E-state index is 0.0282. The molecule has 0 radical (unpaired) electrons. The van der Waals surface area contributed by atoms with E-state index in [0.717, 1.165) is 40.7 Å². The monoisotopic (exact) mass is 566 g/mol. The van der Waals surface area contributed by atoms with Crippen LogP contribution in [-0.2, 0) is 6.54 Å². The topological polar surface area (TPSA) is 84.6 Å². The minimum Gasteiger partial charge on any atom is -0.368 e. The molecule has 196 valence electrons. The molecule has 8 nitrogen and oxygen atoms in total. The number of H-pyrrole nitrogens is 1. The van der Waals surface area contributed by atoms with Crippen LogP contribution in [0.15, 0.2) is 78.1 Å². The van der Waals surface area contributed by atoms with Crippen LogP contribution in [-0.4, -0.2) is 59.2 Å². The number of aromatic amines is 1. The Balaban J connectivity index is 1.28. The number of piperazine rings is 1. The van der Waals surface area contributed by atoms with Crippen molar-refractivity contribution in [1.82, 2.24) is 14.9 Å². The van der Waals surface area contributed by atoms with Gasteiger partial charge in [0.25, 0.3) is 5.91 Å². The van der Waals surface area contributed by atoms with Crippen LogP contribution in [0.2, 0.25) is 4.34 Å². The van der Waals surface area contributed by atoms with E-state index >= 15 is 0 Å². The number of thioether (sulfide) groups is 1. The summed E-state index contributed by atoms with van der Waals surface area (Å²) < 4.78 is 0.621. The van der Waals surface area contributed by atoms with Crippen molar-refractivity contribution in [1.29, 1.82) is 0 Å². The largest absolute Gasteiger partial charge is 0.368 e. The van der Waals surface area contributed by atoms with Gasteiger partial charge in [0.15, 0.2) is 0 Å². The molecule has 3 amide bonds. The molecule has 0 spiro atoms. The maximum absolute atomic E-state index is 13.4. The lowest BCUT2D eigenvalue weighted by molar-refractivity contribution is 0.0751. The van der Waals surface area contributed by atoms with Crippen molar-refractivity contribution in [2.75, 3.05) is 47.6 Å². The van der Waals surface area contributed by atoms with Crippen molar-refractivity contribution >= 4 is 63.7 Å². The fraction of sp³-hybridized carbons (Fsp3) is 0.222. The number of halogens is 1. The summed E-state index contributed by atoms with van der Waals surface area (Å²) >= 11 is 8.90. The van der Waals surface area contributed by atoms with Gasteiger partial charge in [-0.05, 0) is 54.8 Å². The Bertz CT molecular complexity index is 1380. The summed E-state index contributed by atoms with van der Waals surface area (Å²) in [5, 5.41) is 3.06. The van der Waals surface area contributed by atoms with Crippen LogP contribution in [0.3, 0.4) is 0 Å². The SMILES string of the molecule is CSc1ccccc1NC(=O)N(Cc1cnc[nH]1)c1ccc(N2CCN(C(=O)c3ccc(Cl)s3)CC2)cc1. The lowest BCUT2D eigenvalue weighted by atomic mass is 10.2. The molecule has 1 saturated heterocycles. The number of hydrogen-bond acceptors (Lipinski definition) is 6. The van der Waals surface area contributed by atoms with Crippen molar-refractivity contribution in [3.63, 3.8) is 0 Å². The van der Waals surface area contributed by atoms with Gasteiger partial charge >= 0.3 is 6.03 Å². The van der Waals surface area contributed by atoms with Crippen LogP contribution in [0.1, 0.15) is 15.4 Å². The molecule has 0 unspecified atom stereocenters. The van der Waals surface area contributed by atoms with Crippen molar-refractivity contribution in [3.8, 4) is 0 Å². The van der Waals surface area contributed by atoms with Gasteiger partial charge in [0.1, 0.15) is 0 Å². The van der Waals surface area contributed by atoms with Gasteiger partial charge in [0.2, 0.25) is 0 Å². The highest BCUT2D eigenvalue weighted by Gasteiger charge is 2.24. The first-order valence-electron chi connectivity index (χ1n) is 12.1. The summed E-state index contributed by atoms with van der Waals surface area (Å²) in [7, 11) is 0. The third kappa shape index (κ3) is 5.98. The van der Waals surface area contributed by atoms with E-state index in [-0.39, 0.29) is 11.9 Å². The molecule has 3 heterocycles. The number of nitrogens with one attached hydrogen (secondary N) is 2. The van der Waals surface area contributed by atoms with E-state index in [1.54, 1.807) is 41.3 Å². The van der Waals surface area contributed by atoms with Gasteiger partial charge in [0, 0.05) is 48.6 Å². The van der Waals surface area contributed by atoms with E-state index in [4.69, 9.17) is 11.6 Å². The van der Waals surface area contributed by atoms with Gasteiger partial charge in [-0.2, -0.15) is 0 Å². The molecule has 2 aromatic heterocycles. The first-order chi connectivity index (χ1) is 18.5. The Morgan fingerprint density at radius 1 is 1.08 bits per heavy atom. The molecule has 38 heavy (non-hydrogen) atoms. The van der Waals surface area contributed by atoms with E-state index in [1.807, 2.05) is 59.7 Å². The highest BCUT2D eigenvalue weighted by Crippen LogP contribution is 2.28. The first kappa shape index (κ1) is 26.1. The average Bonchev–Trinajstić information content (AvgIpc) is 3.63. The van der Waals surface area contributed by atoms with Crippen LogP contribution in [0.5, 0.6) is 0 Å². The summed E-state index contributed by atoms with van der Waals surface area (Å²) in [6.07, 6.45) is 5.31. The van der Waals surface area contributed by atoms with Crippen LogP contribution in [0.4, 0.5) is 21.9 Å². The number of thiophene rings is 1. The molecular formula is C27H27ClN6O2S2. The molecule has 5 rings (SSSR count). The van der Waals surface area contributed by atoms with Crippen LogP contribution < -0.4 is 15.1 Å². The molecule has 2 aromatic carbocycles. The number of anilines is 3. The van der Waals surface area contributed by atoms with Gasteiger partial charge in [-0.15, -0.1) is 23.1 Å². The predicted molar refractivity (Wildman–Crippen MR) is 156 cm³/mol. The number of para-hydroxylation sites is 1. The van der Waals surface area contributed by atoms with Gasteiger partial charge < -0.3 is 20.1 Å². The molecule has 4 aromatic rings. The third-order valence-corrected chi connectivity index (χ3v) is 8.37. The summed E-state index contributed by atoms with van der Waals surface area (Å²) in [5.74, 6) is 0.0282. The number of urea groups is 1. The van der Waals surface area contributed by atoms with Gasteiger partial charge in [-0.25, -0.2) is 9.78 Å². The van der Waals surface area contributed by atoms with Crippen LogP contribution in [0, 0.1) is 0 Å². The zero-order chi connectivity index (χ0) is 26.5. The van der Waals surface area contributed by atoms with Crippen LogP contribution in [0.25, 0.3) is 0 Å². The standard InChI is InChI=1S/C27H27ClN6O2S2/c1-37-23-5-3-2-4-22(23)31-27(36)34(17-19-16-29-18-30-19)21-8-6-20(7-9-21)32-12-14-33(15-13-32)26(35)24-10-11-25(28)38-24/h2-11,16,18H,12-15,17H2,1H3,(H,29,30)(H,31,36). The molecule has 0 aliphatic carbocycles. The molecule has 1 aliphatic heterocycles. The fourth-order valence-corrected chi connectivity index (χ4v) is 5.91. The summed E-state index contributed by atoms with van der Waals surface area (Å²) in [6, 6.07) is 19.0. The fourth-order valence-electron chi connectivity index (χ4n) is 4.35. The maximum atomic E-state index is 13.4. The summed E-state index contributed by atoms with van der Waals surface area (Å²) in [4.78, 5) is 40.8. The zero-order valence-electron chi connectivity index (χ0n) is 20.8. The number of amides is 3. The number of rotatable bonds is 7. The zero-order valence-corrected chi connectivity index (χ0v) is 23.2. The first-order valence-corrected chi connectivity index (χ1v) is 14.5. The normalized spacial score (nSPS) is 13.4. The Morgan fingerprint density at radius 3 is 2.50 bits per heavy atom. The Labute approximate surface area is 234 Å². The number of carbonyl (C=O) groups is 2. The van der Waals surface area contributed by atoms with Crippen molar-refractivity contribution in [2.24, 2.45) is 0 Å². The van der Waals surface area contributed by atoms with Crippen molar-refractivity contribution in [2.45, 2.75) is 11.4 Å². The van der Waals surface area contributed by atoms with Crippen molar-refractivity contribution in [3.05, 3.63) is 88.1 Å². The van der Waals surface area contributed by atoms with Crippen LogP contribution >= 0.6 is 34.7 Å². The Morgan fingerprint density at radius 2 is 1.84 bits per heavy atom. The lowest BCUT2D eigenvalue weighted by Gasteiger charge is -2.36. The Hall–Kier alpha value is -3.47. The number of benzene rings is 2. The van der Waals surface area contributed by atoms with E-state index in [9.17, 15) is 9.59 Å². The molecule has 1 aliphatic rings. The molecule has 1 fully saturated rings. The Kier molecular flexibility index (Phi) is 8.21. The second-order valence-electron chi connectivity index (χ2n) is 8.69. The number of nitrogens with zero attached hydrogens (tertiary/aromatic N) is 4. The maximum Gasteiger partial charge on any atom is 0.326 e. The molecule has 0 atom stereocenters. The summed E-state index contributed by atoms with van der Waals surface area (Å²) in [6.45, 7) is 3.08. The van der Waals surface area contributed by atoms with E-state index < -0.39 is 0 Å². The smallest absolute Gasteiger partial charge is 0.326 e. The number of aromatic nitrogens is 2. The molecule has 11 heteroatoms.